The number of hydrogen-bond acceptors (Lipinski definition) is 2. The molecule has 1 aliphatic rings. The molecule has 1 aromatic carbocycles. The van der Waals surface area contributed by atoms with Crippen LogP contribution in [-0.2, 0) is 4.79 Å². The number of halogens is 3. The van der Waals surface area contributed by atoms with Crippen LogP contribution in [0.15, 0.2) is 12.1 Å². The average molecular weight is 302 g/mol. The van der Waals surface area contributed by atoms with E-state index in [1.807, 2.05) is 0 Å². The van der Waals surface area contributed by atoms with Crippen molar-refractivity contribution in [1.82, 2.24) is 5.32 Å². The first-order valence-corrected chi connectivity index (χ1v) is 6.27. The van der Waals surface area contributed by atoms with Gasteiger partial charge in [-0.3, -0.25) is 4.79 Å². The van der Waals surface area contributed by atoms with E-state index in [2.05, 4.69) is 10.6 Å². The molecule has 1 aromatic rings. The van der Waals surface area contributed by atoms with Gasteiger partial charge in [0.25, 0.3) is 0 Å². The largest absolute Gasteiger partial charge is 0.481 e. The lowest BCUT2D eigenvalue weighted by Crippen LogP contribution is -2.55. The number of rotatable bonds is 4. The molecule has 114 valence electrons. The lowest BCUT2D eigenvalue weighted by atomic mass is 9.74. The molecule has 0 saturated heterocycles. The highest BCUT2D eigenvalue weighted by atomic mass is 19.2. The summed E-state index contributed by atoms with van der Waals surface area (Å²) in [6, 6.07) is 0.711. The molecule has 0 aromatic heterocycles. The molecule has 8 heteroatoms. The minimum Gasteiger partial charge on any atom is -0.481 e. The lowest BCUT2D eigenvalue weighted by molar-refractivity contribution is -0.139. The summed E-state index contributed by atoms with van der Waals surface area (Å²) < 4.78 is 39.2. The Morgan fingerprint density at radius 1 is 1.19 bits per heavy atom. The number of hydrogen-bond donors (Lipinski definition) is 3. The minimum atomic E-state index is -1.68. The van der Waals surface area contributed by atoms with Crippen LogP contribution in [0.1, 0.15) is 25.7 Å². The first kappa shape index (κ1) is 15.1. The highest BCUT2D eigenvalue weighted by Gasteiger charge is 2.40. The van der Waals surface area contributed by atoms with E-state index < -0.39 is 40.7 Å². The number of carboxylic acid groups (broad SMARTS) is 1. The average Bonchev–Trinajstić information content (AvgIpc) is 2.36. The molecule has 1 fully saturated rings. The number of benzene rings is 1. The van der Waals surface area contributed by atoms with E-state index in [1.165, 1.54) is 0 Å². The van der Waals surface area contributed by atoms with Gasteiger partial charge in [0.15, 0.2) is 17.5 Å². The van der Waals surface area contributed by atoms with Crippen LogP contribution in [-0.4, -0.2) is 22.6 Å². The SMILES string of the molecule is O=C(O)CC1(NC(=O)Nc2ccc(F)c(F)c2F)CCC1. The number of carbonyl (C=O) groups is 2. The molecule has 0 unspecified atom stereocenters. The van der Waals surface area contributed by atoms with Crippen molar-refractivity contribution in [3.8, 4) is 0 Å². The van der Waals surface area contributed by atoms with Gasteiger partial charge in [0.05, 0.1) is 17.6 Å². The first-order valence-electron chi connectivity index (χ1n) is 6.27. The van der Waals surface area contributed by atoms with Gasteiger partial charge < -0.3 is 15.7 Å². The van der Waals surface area contributed by atoms with Crippen LogP contribution in [0.25, 0.3) is 0 Å². The van der Waals surface area contributed by atoms with Crippen LogP contribution in [0.3, 0.4) is 0 Å². The summed E-state index contributed by atoms with van der Waals surface area (Å²) in [4.78, 5) is 22.5. The predicted octanol–water partition coefficient (Wildman–Crippen LogP) is 2.62. The van der Waals surface area contributed by atoms with Gasteiger partial charge in [-0.05, 0) is 31.4 Å². The summed E-state index contributed by atoms with van der Waals surface area (Å²) in [5.41, 5.74) is -1.39. The van der Waals surface area contributed by atoms with E-state index >= 15 is 0 Å². The molecule has 1 aliphatic carbocycles. The van der Waals surface area contributed by atoms with Crippen LogP contribution in [0.4, 0.5) is 23.7 Å². The summed E-state index contributed by atoms with van der Waals surface area (Å²) in [6.45, 7) is 0. The second-order valence-electron chi connectivity index (χ2n) is 5.01. The Bertz CT molecular complexity index is 588. The summed E-state index contributed by atoms with van der Waals surface area (Å²) in [5, 5.41) is 13.3. The monoisotopic (exact) mass is 302 g/mol. The number of carbonyl (C=O) groups excluding carboxylic acids is 1. The number of urea groups is 1. The van der Waals surface area contributed by atoms with E-state index in [0.29, 0.717) is 18.9 Å². The molecule has 5 nitrogen and oxygen atoms in total. The van der Waals surface area contributed by atoms with Gasteiger partial charge in [-0.1, -0.05) is 0 Å². The van der Waals surface area contributed by atoms with Crippen molar-refractivity contribution < 1.29 is 27.9 Å². The van der Waals surface area contributed by atoms with Gasteiger partial charge in [-0.2, -0.15) is 0 Å². The molecule has 2 amide bonds. The number of aliphatic carboxylic acids is 1. The van der Waals surface area contributed by atoms with Crippen molar-refractivity contribution in [3.05, 3.63) is 29.6 Å². The van der Waals surface area contributed by atoms with E-state index in [4.69, 9.17) is 5.11 Å². The van der Waals surface area contributed by atoms with Crippen molar-refractivity contribution in [2.45, 2.75) is 31.2 Å². The van der Waals surface area contributed by atoms with Gasteiger partial charge in [-0.25, -0.2) is 18.0 Å². The fourth-order valence-electron chi connectivity index (χ4n) is 2.26. The van der Waals surface area contributed by atoms with Crippen LogP contribution < -0.4 is 10.6 Å². The number of anilines is 1. The zero-order chi connectivity index (χ0) is 15.6. The molecule has 0 spiro atoms. The number of nitrogens with one attached hydrogen (secondary N) is 2. The van der Waals surface area contributed by atoms with Gasteiger partial charge in [0.1, 0.15) is 0 Å². The van der Waals surface area contributed by atoms with Crippen LogP contribution >= 0.6 is 0 Å². The maximum absolute atomic E-state index is 13.4. The number of amides is 2. The minimum absolute atomic E-state index is 0.249. The molecule has 0 radical (unpaired) electrons. The molecule has 0 atom stereocenters. The van der Waals surface area contributed by atoms with E-state index in [-0.39, 0.29) is 6.42 Å². The Balaban J connectivity index is 2.05. The first-order chi connectivity index (χ1) is 9.83. The zero-order valence-electron chi connectivity index (χ0n) is 10.9. The van der Waals surface area contributed by atoms with E-state index in [1.54, 1.807) is 0 Å². The van der Waals surface area contributed by atoms with Crippen molar-refractivity contribution in [1.29, 1.82) is 0 Å². The van der Waals surface area contributed by atoms with Crippen molar-refractivity contribution in [2.24, 2.45) is 0 Å². The summed E-state index contributed by atoms with van der Waals surface area (Å²) in [6.07, 6.45) is 1.51. The summed E-state index contributed by atoms with van der Waals surface area (Å²) >= 11 is 0. The molecule has 0 bridgehead atoms. The fourth-order valence-corrected chi connectivity index (χ4v) is 2.26. The topological polar surface area (TPSA) is 78.4 Å². The third-order valence-electron chi connectivity index (χ3n) is 3.46. The molecule has 1 saturated carbocycles. The third-order valence-corrected chi connectivity index (χ3v) is 3.46. The maximum Gasteiger partial charge on any atom is 0.319 e. The number of carboxylic acids is 1. The second kappa shape index (κ2) is 5.63. The normalized spacial score (nSPS) is 16.0. The Hall–Kier alpha value is -2.25. The Labute approximate surface area is 118 Å². The van der Waals surface area contributed by atoms with Crippen LogP contribution in [0, 0.1) is 17.5 Å². The van der Waals surface area contributed by atoms with Gasteiger partial charge in [0, 0.05) is 0 Å². The lowest BCUT2D eigenvalue weighted by Gasteiger charge is -2.41. The summed E-state index contributed by atoms with van der Waals surface area (Å²) in [7, 11) is 0. The third kappa shape index (κ3) is 3.26. The van der Waals surface area contributed by atoms with Crippen LogP contribution in [0.2, 0.25) is 0 Å². The molecule has 3 N–H and O–H groups in total. The smallest absolute Gasteiger partial charge is 0.319 e. The Morgan fingerprint density at radius 3 is 2.38 bits per heavy atom. The van der Waals surface area contributed by atoms with Gasteiger partial charge >= 0.3 is 12.0 Å². The fraction of sp³-hybridized carbons (Fsp3) is 0.385. The Kier molecular flexibility index (Phi) is 4.06. The second-order valence-corrected chi connectivity index (χ2v) is 5.01. The molecule has 0 aliphatic heterocycles. The van der Waals surface area contributed by atoms with Gasteiger partial charge in [-0.15, -0.1) is 0 Å². The van der Waals surface area contributed by atoms with Crippen molar-refractivity contribution in [3.63, 3.8) is 0 Å². The predicted molar refractivity (Wildman–Crippen MR) is 67.3 cm³/mol. The van der Waals surface area contributed by atoms with E-state index in [0.717, 1.165) is 12.5 Å². The highest BCUT2D eigenvalue weighted by molar-refractivity contribution is 5.90. The molecule has 21 heavy (non-hydrogen) atoms. The van der Waals surface area contributed by atoms with E-state index in [9.17, 15) is 22.8 Å². The highest BCUT2D eigenvalue weighted by Crippen LogP contribution is 2.35. The molecular formula is C13H13F3N2O3. The molecule has 2 rings (SSSR count). The van der Waals surface area contributed by atoms with Crippen molar-refractivity contribution >= 4 is 17.7 Å². The molecular weight excluding hydrogens is 289 g/mol. The summed E-state index contributed by atoms with van der Waals surface area (Å²) in [5.74, 6) is -5.61. The Morgan fingerprint density at radius 2 is 1.86 bits per heavy atom. The quantitative estimate of drug-likeness (QED) is 0.748. The van der Waals surface area contributed by atoms with Crippen LogP contribution in [0.5, 0.6) is 0 Å². The standard InChI is InChI=1S/C13H13F3N2O3/c14-7-2-3-8(11(16)10(7)15)17-12(21)18-13(4-1-5-13)6-9(19)20/h2-3H,1,4-6H2,(H,19,20)(H2,17,18,21). The maximum atomic E-state index is 13.4. The van der Waals surface area contributed by atoms with Crippen molar-refractivity contribution in [2.75, 3.05) is 5.32 Å². The zero-order valence-corrected chi connectivity index (χ0v) is 10.9. The van der Waals surface area contributed by atoms with Gasteiger partial charge in [0.2, 0.25) is 0 Å². The molecule has 0 heterocycles.